The van der Waals surface area contributed by atoms with Gasteiger partial charge in [0, 0.05) is 22.8 Å². The van der Waals surface area contributed by atoms with Gasteiger partial charge in [-0.2, -0.15) is 18.4 Å². The summed E-state index contributed by atoms with van der Waals surface area (Å²) in [5, 5.41) is 9.59. The van der Waals surface area contributed by atoms with Crippen LogP contribution in [-0.4, -0.2) is 20.3 Å². The van der Waals surface area contributed by atoms with E-state index in [-0.39, 0.29) is 18.1 Å². The van der Waals surface area contributed by atoms with Gasteiger partial charge in [0.25, 0.3) is 0 Å². The van der Waals surface area contributed by atoms with Crippen LogP contribution in [0.5, 0.6) is 11.5 Å². The maximum atomic E-state index is 14.2. The molecule has 1 atom stereocenters. The third-order valence-corrected chi connectivity index (χ3v) is 7.55. The summed E-state index contributed by atoms with van der Waals surface area (Å²) in [6, 6.07) is 19.9. The van der Waals surface area contributed by atoms with Gasteiger partial charge in [0.1, 0.15) is 29.6 Å². The molecule has 0 saturated heterocycles. The summed E-state index contributed by atoms with van der Waals surface area (Å²) in [4.78, 5) is -0.630. The van der Waals surface area contributed by atoms with Crippen LogP contribution in [0.1, 0.15) is 40.8 Å². The van der Waals surface area contributed by atoms with Gasteiger partial charge in [-0.05, 0) is 72.5 Å². The maximum absolute atomic E-state index is 14.2. The Kier molecular flexibility index (Phi) is 9.37. The van der Waals surface area contributed by atoms with Crippen LogP contribution in [-0.2, 0) is 17.5 Å². The summed E-state index contributed by atoms with van der Waals surface area (Å²) in [5.74, 6) is 6.92. The van der Waals surface area contributed by atoms with E-state index in [0.29, 0.717) is 52.3 Å². The van der Waals surface area contributed by atoms with Crippen molar-refractivity contribution in [3.63, 3.8) is 0 Å². The Bertz CT molecular complexity index is 1570. The van der Waals surface area contributed by atoms with E-state index in [9.17, 15) is 13.2 Å². The van der Waals surface area contributed by atoms with Crippen LogP contribution < -0.4 is 9.47 Å². The molecule has 0 unspecified atom stereocenters. The summed E-state index contributed by atoms with van der Waals surface area (Å²) in [6.45, 7) is 4.48. The number of hydrogen-bond donors (Lipinski definition) is 0. The fourth-order valence-corrected chi connectivity index (χ4v) is 5.50. The smallest absolute Gasteiger partial charge is 0.426 e. The molecule has 1 aromatic heterocycles. The number of alkyl halides is 3. The first-order valence-electron chi connectivity index (χ1n) is 12.6. The Hall–Kier alpha value is -3.98. The summed E-state index contributed by atoms with van der Waals surface area (Å²) in [5.41, 5.74) is 3.04. The van der Waals surface area contributed by atoms with Crippen molar-refractivity contribution in [3.05, 3.63) is 82.2 Å². The number of nitriles is 1. The van der Waals surface area contributed by atoms with Crippen molar-refractivity contribution in [1.82, 2.24) is 0 Å². The van der Waals surface area contributed by atoms with E-state index < -0.39 is 11.1 Å². The number of ether oxygens (including phenoxy) is 3. The van der Waals surface area contributed by atoms with Gasteiger partial charge >= 0.3 is 6.18 Å². The molecule has 0 bridgehead atoms. The lowest BCUT2D eigenvalue weighted by Crippen LogP contribution is -2.05. The standard InChI is InChI=1S/C32H28F3NO3S/c1-4-5-23(14-15-36)24-7-9-25(10-8-24)39-20-22-6-13-29-28(19-22)30(31(40-29)32(33,34)35)27-12-11-26(18-21(27)2)38-17-16-37-3/h6-13,18-19,23H,14,16-17,20H2,1-3H3/t23-/m0/s1. The second-order valence-corrected chi connectivity index (χ2v) is 10.2. The van der Waals surface area contributed by atoms with Gasteiger partial charge in [-0.3, -0.25) is 0 Å². The predicted octanol–water partition coefficient (Wildman–Crippen LogP) is 8.52. The number of fused-ring (bicyclic) bond motifs is 1. The fraction of sp³-hybridized carbons (Fsp3) is 0.281. The minimum atomic E-state index is -4.50. The molecule has 0 amide bonds. The highest BCUT2D eigenvalue weighted by Gasteiger charge is 2.37. The average Bonchev–Trinajstić information content (AvgIpc) is 3.32. The van der Waals surface area contributed by atoms with Gasteiger partial charge in [0.2, 0.25) is 0 Å². The van der Waals surface area contributed by atoms with Crippen LogP contribution >= 0.6 is 11.3 Å². The largest absolute Gasteiger partial charge is 0.491 e. The van der Waals surface area contributed by atoms with Crippen molar-refractivity contribution >= 4 is 21.4 Å². The highest BCUT2D eigenvalue weighted by atomic mass is 32.1. The monoisotopic (exact) mass is 563 g/mol. The Morgan fingerprint density at radius 3 is 2.35 bits per heavy atom. The van der Waals surface area contributed by atoms with Gasteiger partial charge in [-0.1, -0.05) is 30.2 Å². The SMILES string of the molecule is CC#C[C@@H](CC#N)c1ccc(OCc2ccc3sc(C(F)(F)F)c(-c4ccc(OCCOC)cc4C)c3c2)cc1. The van der Waals surface area contributed by atoms with E-state index >= 15 is 0 Å². The zero-order valence-electron chi connectivity index (χ0n) is 22.4. The molecule has 40 heavy (non-hydrogen) atoms. The van der Waals surface area contributed by atoms with Crippen LogP contribution in [0.15, 0.2) is 60.7 Å². The summed E-state index contributed by atoms with van der Waals surface area (Å²) in [6.07, 6.45) is -4.20. The Balaban J connectivity index is 1.62. The zero-order chi connectivity index (χ0) is 28.7. The highest BCUT2D eigenvalue weighted by molar-refractivity contribution is 7.19. The van der Waals surface area contributed by atoms with Crippen LogP contribution in [0.2, 0.25) is 0 Å². The zero-order valence-corrected chi connectivity index (χ0v) is 23.2. The second-order valence-electron chi connectivity index (χ2n) is 9.12. The van der Waals surface area contributed by atoms with E-state index in [1.54, 1.807) is 57.4 Å². The maximum Gasteiger partial charge on any atom is 0.426 e. The number of rotatable bonds is 10. The number of thiophene rings is 1. The number of methoxy groups -OCH3 is 1. The molecule has 0 fully saturated rings. The molecule has 0 aliphatic rings. The normalized spacial score (nSPS) is 11.9. The van der Waals surface area contributed by atoms with Gasteiger partial charge in [0.15, 0.2) is 0 Å². The summed E-state index contributed by atoms with van der Waals surface area (Å²) < 4.78 is 59.6. The van der Waals surface area contributed by atoms with E-state index in [1.165, 1.54) is 0 Å². The van der Waals surface area contributed by atoms with Crippen molar-refractivity contribution in [2.24, 2.45) is 0 Å². The molecule has 0 N–H and O–H groups in total. The third-order valence-electron chi connectivity index (χ3n) is 6.34. The lowest BCUT2D eigenvalue weighted by molar-refractivity contribution is -0.133. The molecule has 4 nitrogen and oxygen atoms in total. The lowest BCUT2D eigenvalue weighted by atomic mass is 9.96. The molecule has 3 aromatic carbocycles. The van der Waals surface area contributed by atoms with Gasteiger partial charge in [-0.15, -0.1) is 17.3 Å². The van der Waals surface area contributed by atoms with Crippen molar-refractivity contribution in [2.45, 2.75) is 39.0 Å². The number of aryl methyl sites for hydroxylation is 1. The molecule has 1 heterocycles. The lowest BCUT2D eigenvalue weighted by Gasteiger charge is -2.13. The van der Waals surface area contributed by atoms with Crippen LogP contribution in [0.4, 0.5) is 13.2 Å². The molecular weight excluding hydrogens is 535 g/mol. The van der Waals surface area contributed by atoms with Crippen molar-refractivity contribution in [3.8, 4) is 40.5 Å². The number of halogens is 3. The third kappa shape index (κ3) is 6.77. The summed E-state index contributed by atoms with van der Waals surface area (Å²) in [7, 11) is 1.57. The molecule has 206 valence electrons. The van der Waals surface area contributed by atoms with E-state index in [4.69, 9.17) is 19.5 Å². The van der Waals surface area contributed by atoms with Crippen LogP contribution in [0.3, 0.4) is 0 Å². The molecule has 0 aliphatic heterocycles. The predicted molar refractivity (Wildman–Crippen MR) is 152 cm³/mol. The van der Waals surface area contributed by atoms with Gasteiger partial charge < -0.3 is 14.2 Å². The molecule has 0 spiro atoms. The Morgan fingerprint density at radius 1 is 0.950 bits per heavy atom. The molecule has 0 radical (unpaired) electrons. The van der Waals surface area contributed by atoms with Crippen molar-refractivity contribution in [1.29, 1.82) is 5.26 Å². The average molecular weight is 564 g/mol. The molecule has 8 heteroatoms. The Morgan fingerprint density at radius 2 is 1.70 bits per heavy atom. The Labute approximate surface area is 235 Å². The number of hydrogen-bond acceptors (Lipinski definition) is 5. The summed E-state index contributed by atoms with van der Waals surface area (Å²) >= 11 is 0.743. The van der Waals surface area contributed by atoms with Gasteiger partial charge in [0.05, 0.1) is 25.0 Å². The number of nitrogens with zero attached hydrogens (tertiary/aromatic N) is 1. The van der Waals surface area contributed by atoms with Crippen molar-refractivity contribution < 1.29 is 27.4 Å². The highest BCUT2D eigenvalue weighted by Crippen LogP contribution is 2.48. The quantitative estimate of drug-likeness (QED) is 0.143. The van der Waals surface area contributed by atoms with E-state index in [2.05, 4.69) is 17.9 Å². The van der Waals surface area contributed by atoms with E-state index in [0.717, 1.165) is 22.5 Å². The first-order chi connectivity index (χ1) is 19.2. The molecule has 4 aromatic rings. The molecule has 0 aliphatic carbocycles. The van der Waals surface area contributed by atoms with Crippen LogP contribution in [0, 0.1) is 30.1 Å². The molecular formula is C32H28F3NO3S. The van der Waals surface area contributed by atoms with Crippen molar-refractivity contribution in [2.75, 3.05) is 20.3 Å². The topological polar surface area (TPSA) is 51.5 Å². The first-order valence-corrected chi connectivity index (χ1v) is 13.4. The molecule has 0 saturated carbocycles. The van der Waals surface area contributed by atoms with Gasteiger partial charge in [-0.25, -0.2) is 0 Å². The van der Waals surface area contributed by atoms with E-state index in [1.807, 2.05) is 24.3 Å². The second kappa shape index (κ2) is 12.9. The minimum absolute atomic E-state index is 0.166. The van der Waals surface area contributed by atoms with Crippen LogP contribution in [0.25, 0.3) is 21.2 Å². The first kappa shape index (κ1) is 29.0. The molecule has 4 rings (SSSR count). The number of benzene rings is 3. The minimum Gasteiger partial charge on any atom is -0.491 e. The fourth-order valence-electron chi connectivity index (χ4n) is 4.43.